The second-order valence-electron chi connectivity index (χ2n) is 2.03. The van der Waals surface area contributed by atoms with Gasteiger partial charge in [0, 0.05) is 0 Å². The topological polar surface area (TPSA) is 30.0 Å². The molecule has 2 nitrogen and oxygen atoms in total. The molecule has 4 heteroatoms. The first-order valence-corrected chi connectivity index (χ1v) is 3.32. The van der Waals surface area contributed by atoms with Crippen LogP contribution in [0.25, 0.3) is 0 Å². The number of aromatic nitrogens is 1. The van der Waals surface area contributed by atoms with Gasteiger partial charge in [0.2, 0.25) is 5.95 Å². The van der Waals surface area contributed by atoms with Gasteiger partial charge >= 0.3 is 0 Å². The van der Waals surface area contributed by atoms with Crippen LogP contribution in [0.4, 0.5) is 4.39 Å². The molecule has 58 valence electrons. The Balaban J connectivity index is 3.20. The van der Waals surface area contributed by atoms with Crippen molar-refractivity contribution in [2.24, 2.45) is 0 Å². The Kier molecular flexibility index (Phi) is 2.19. The second kappa shape index (κ2) is 2.96. The van der Waals surface area contributed by atoms with Crippen LogP contribution < -0.4 is 0 Å². The highest BCUT2D eigenvalue weighted by molar-refractivity contribution is 6.29. The molecule has 0 amide bonds. The van der Waals surface area contributed by atoms with E-state index in [1.807, 2.05) is 0 Å². The van der Waals surface area contributed by atoms with Gasteiger partial charge in [-0.2, -0.15) is 4.39 Å². The van der Waals surface area contributed by atoms with E-state index in [1.54, 1.807) is 0 Å². The summed E-state index contributed by atoms with van der Waals surface area (Å²) in [7, 11) is 0. The molecule has 0 aromatic carbocycles. The number of halogens is 2. The minimum atomic E-state index is -0.815. The molecule has 0 bridgehead atoms. The Bertz CT molecular complexity index is 300. The van der Waals surface area contributed by atoms with Crippen molar-refractivity contribution in [1.82, 2.24) is 4.98 Å². The molecule has 0 unspecified atom stereocenters. The van der Waals surface area contributed by atoms with Crippen LogP contribution in [0, 0.1) is 5.95 Å². The summed E-state index contributed by atoms with van der Waals surface area (Å²) in [5.74, 6) is -1.17. The van der Waals surface area contributed by atoms with Gasteiger partial charge in [0.1, 0.15) is 5.15 Å². The fourth-order valence-electron chi connectivity index (χ4n) is 0.675. The molecule has 0 saturated carbocycles. The van der Waals surface area contributed by atoms with Crippen molar-refractivity contribution < 1.29 is 9.18 Å². The molecule has 11 heavy (non-hydrogen) atoms. The van der Waals surface area contributed by atoms with Crippen LogP contribution in [0.1, 0.15) is 17.3 Å². The maximum Gasteiger partial charge on any atom is 0.225 e. The molecule has 0 aliphatic rings. The Morgan fingerprint density at radius 2 is 2.27 bits per heavy atom. The molecule has 0 spiro atoms. The van der Waals surface area contributed by atoms with Crippen molar-refractivity contribution >= 4 is 17.4 Å². The first-order valence-electron chi connectivity index (χ1n) is 2.94. The van der Waals surface area contributed by atoms with Crippen LogP contribution in [0.2, 0.25) is 5.15 Å². The standard InChI is InChI=1S/C7H5ClFNO/c1-4(11)5-2-3-6(8)10-7(5)9/h2-3H,1H3. The van der Waals surface area contributed by atoms with Crippen molar-refractivity contribution in [1.29, 1.82) is 0 Å². The van der Waals surface area contributed by atoms with Gasteiger partial charge in [-0.25, -0.2) is 4.98 Å². The average molecular weight is 174 g/mol. The quantitative estimate of drug-likeness (QED) is 0.481. The Morgan fingerprint density at radius 3 is 2.73 bits per heavy atom. The van der Waals surface area contributed by atoms with Gasteiger partial charge in [0.25, 0.3) is 0 Å². The van der Waals surface area contributed by atoms with Crippen molar-refractivity contribution in [2.45, 2.75) is 6.92 Å². The van der Waals surface area contributed by atoms with E-state index in [4.69, 9.17) is 11.6 Å². The highest BCUT2D eigenvalue weighted by Gasteiger charge is 2.07. The van der Waals surface area contributed by atoms with Crippen LogP contribution in [-0.2, 0) is 0 Å². The summed E-state index contributed by atoms with van der Waals surface area (Å²) >= 11 is 5.36. The lowest BCUT2D eigenvalue weighted by Crippen LogP contribution is -1.98. The predicted octanol–water partition coefficient (Wildman–Crippen LogP) is 2.08. The molecule has 0 N–H and O–H groups in total. The lowest BCUT2D eigenvalue weighted by molar-refractivity contribution is 0.101. The van der Waals surface area contributed by atoms with Crippen LogP contribution in [0.5, 0.6) is 0 Å². The van der Waals surface area contributed by atoms with Crippen molar-refractivity contribution in [3.05, 3.63) is 28.8 Å². The van der Waals surface area contributed by atoms with Crippen molar-refractivity contribution in [3.63, 3.8) is 0 Å². The number of hydrogen-bond donors (Lipinski definition) is 0. The van der Waals surface area contributed by atoms with E-state index in [2.05, 4.69) is 4.98 Å². The van der Waals surface area contributed by atoms with E-state index in [-0.39, 0.29) is 16.5 Å². The van der Waals surface area contributed by atoms with Crippen LogP contribution in [-0.4, -0.2) is 10.8 Å². The Labute approximate surface area is 68.0 Å². The fraction of sp³-hybridized carbons (Fsp3) is 0.143. The zero-order valence-corrected chi connectivity index (χ0v) is 6.52. The van der Waals surface area contributed by atoms with E-state index in [9.17, 15) is 9.18 Å². The van der Waals surface area contributed by atoms with E-state index >= 15 is 0 Å². The number of hydrogen-bond acceptors (Lipinski definition) is 2. The lowest BCUT2D eigenvalue weighted by atomic mass is 10.2. The number of pyridine rings is 1. The predicted molar refractivity (Wildman–Crippen MR) is 39.2 cm³/mol. The zero-order chi connectivity index (χ0) is 8.43. The highest BCUT2D eigenvalue weighted by atomic mass is 35.5. The first kappa shape index (κ1) is 8.14. The maximum absolute atomic E-state index is 12.7. The summed E-state index contributed by atoms with van der Waals surface area (Å²) in [5, 5.41) is 0.0486. The van der Waals surface area contributed by atoms with Crippen LogP contribution in [0.15, 0.2) is 12.1 Å². The van der Waals surface area contributed by atoms with Gasteiger partial charge in [0.05, 0.1) is 5.56 Å². The summed E-state index contributed by atoms with van der Waals surface area (Å²) in [6.07, 6.45) is 0. The molecule has 0 aliphatic heterocycles. The minimum Gasteiger partial charge on any atom is -0.294 e. The molecule has 0 atom stereocenters. The molecule has 0 aliphatic carbocycles. The lowest BCUT2D eigenvalue weighted by Gasteiger charge is -1.95. The molecule has 1 aromatic rings. The summed E-state index contributed by atoms with van der Waals surface area (Å²) in [6.45, 7) is 1.27. The van der Waals surface area contributed by atoms with Crippen LogP contribution >= 0.6 is 11.6 Å². The molecular formula is C7H5ClFNO. The average Bonchev–Trinajstić information content (AvgIpc) is 1.85. The van der Waals surface area contributed by atoms with Gasteiger partial charge in [0.15, 0.2) is 5.78 Å². The first-order chi connectivity index (χ1) is 5.11. The van der Waals surface area contributed by atoms with E-state index in [0.717, 1.165) is 0 Å². The number of nitrogens with zero attached hydrogens (tertiary/aromatic N) is 1. The second-order valence-corrected chi connectivity index (χ2v) is 2.42. The van der Waals surface area contributed by atoms with Crippen LogP contribution in [0.3, 0.4) is 0 Å². The normalized spacial score (nSPS) is 9.73. The highest BCUT2D eigenvalue weighted by Crippen LogP contribution is 2.10. The summed E-state index contributed by atoms with van der Waals surface area (Å²) in [6, 6.07) is 2.69. The smallest absolute Gasteiger partial charge is 0.225 e. The molecule has 1 aromatic heterocycles. The van der Waals surface area contributed by atoms with Gasteiger partial charge < -0.3 is 0 Å². The molecule has 0 radical (unpaired) electrons. The number of ketones is 1. The minimum absolute atomic E-state index is 0.0330. The summed E-state index contributed by atoms with van der Waals surface area (Å²) in [5.41, 5.74) is -0.0330. The van der Waals surface area contributed by atoms with E-state index < -0.39 is 5.95 Å². The molecule has 0 fully saturated rings. The maximum atomic E-state index is 12.7. The van der Waals surface area contributed by atoms with Crippen molar-refractivity contribution in [2.75, 3.05) is 0 Å². The number of Topliss-reactive ketones (excluding diaryl/α,β-unsaturated/α-hetero) is 1. The SMILES string of the molecule is CC(=O)c1ccc(Cl)nc1F. The largest absolute Gasteiger partial charge is 0.294 e. The molecule has 1 rings (SSSR count). The number of rotatable bonds is 1. The van der Waals surface area contributed by atoms with E-state index in [1.165, 1.54) is 19.1 Å². The van der Waals surface area contributed by atoms with Gasteiger partial charge in [-0.3, -0.25) is 4.79 Å². The monoisotopic (exact) mass is 173 g/mol. The van der Waals surface area contributed by atoms with Crippen molar-refractivity contribution in [3.8, 4) is 0 Å². The number of carbonyl (C=O) groups excluding carboxylic acids is 1. The Morgan fingerprint density at radius 1 is 1.64 bits per heavy atom. The molecular weight excluding hydrogens is 169 g/mol. The summed E-state index contributed by atoms with van der Waals surface area (Å²) < 4.78 is 12.7. The number of carbonyl (C=O) groups is 1. The fourth-order valence-corrected chi connectivity index (χ4v) is 0.812. The van der Waals surface area contributed by atoms with Gasteiger partial charge in [-0.15, -0.1) is 0 Å². The summed E-state index contributed by atoms with van der Waals surface area (Å²) in [4.78, 5) is 13.9. The molecule has 1 heterocycles. The van der Waals surface area contributed by atoms with Gasteiger partial charge in [-0.05, 0) is 19.1 Å². The van der Waals surface area contributed by atoms with E-state index in [0.29, 0.717) is 0 Å². The third-order valence-electron chi connectivity index (χ3n) is 1.19. The Hall–Kier alpha value is -0.960. The third-order valence-corrected chi connectivity index (χ3v) is 1.40. The third kappa shape index (κ3) is 1.74. The zero-order valence-electron chi connectivity index (χ0n) is 5.77. The molecule has 0 saturated heterocycles. The van der Waals surface area contributed by atoms with Gasteiger partial charge in [-0.1, -0.05) is 11.6 Å².